The van der Waals surface area contributed by atoms with Crippen LogP contribution >= 0.6 is 23.1 Å². The number of nitrogens with zero attached hydrogens (tertiary/aromatic N) is 1. The van der Waals surface area contributed by atoms with Gasteiger partial charge in [-0.05, 0) is 19.8 Å². The predicted molar refractivity (Wildman–Crippen MR) is 70.0 cm³/mol. The number of rotatable bonds is 5. The summed E-state index contributed by atoms with van der Waals surface area (Å²) in [5.41, 5.74) is 1.02. The lowest BCUT2D eigenvalue weighted by atomic mass is 10.1. The Morgan fingerprint density at radius 2 is 2.25 bits per heavy atom. The zero-order chi connectivity index (χ0) is 12.1. The lowest BCUT2D eigenvalue weighted by molar-refractivity contribution is -0.119. The van der Waals surface area contributed by atoms with Gasteiger partial charge >= 0.3 is 0 Å². The predicted octanol–water partition coefficient (Wildman–Crippen LogP) is 2.70. The molecule has 0 aromatic carbocycles. The summed E-state index contributed by atoms with van der Waals surface area (Å²) in [6.45, 7) is 8.19. The van der Waals surface area contributed by atoms with Gasteiger partial charge < -0.3 is 5.32 Å². The Labute approximate surface area is 105 Å². The van der Waals surface area contributed by atoms with E-state index in [1.807, 2.05) is 19.2 Å². The van der Waals surface area contributed by atoms with Gasteiger partial charge in [-0.1, -0.05) is 25.6 Å². The largest absolute Gasteiger partial charge is 0.353 e. The zero-order valence-electron chi connectivity index (χ0n) is 10.1. The number of hydrogen-bond donors (Lipinski definition) is 1. The number of hydrogen-bond acceptors (Lipinski definition) is 4. The van der Waals surface area contributed by atoms with Gasteiger partial charge in [0.05, 0.1) is 5.75 Å². The van der Waals surface area contributed by atoms with Crippen molar-refractivity contribution in [3.05, 3.63) is 11.1 Å². The number of nitrogens with one attached hydrogen (secondary N) is 1. The van der Waals surface area contributed by atoms with Gasteiger partial charge in [0.25, 0.3) is 0 Å². The molecule has 1 N–H and O–H groups in total. The first-order chi connectivity index (χ1) is 7.49. The van der Waals surface area contributed by atoms with E-state index in [2.05, 4.69) is 24.1 Å². The van der Waals surface area contributed by atoms with Crippen LogP contribution in [-0.2, 0) is 4.79 Å². The van der Waals surface area contributed by atoms with Crippen LogP contribution < -0.4 is 5.32 Å². The average Bonchev–Trinajstić information content (AvgIpc) is 2.61. The summed E-state index contributed by atoms with van der Waals surface area (Å²) in [6, 6.07) is 0.228. The molecule has 1 amide bonds. The third-order valence-corrected chi connectivity index (χ3v) is 4.45. The van der Waals surface area contributed by atoms with Crippen LogP contribution in [0.15, 0.2) is 9.72 Å². The van der Waals surface area contributed by atoms with Crippen molar-refractivity contribution in [3.8, 4) is 0 Å². The number of carbonyl (C=O) groups excluding carboxylic acids is 1. The molecule has 0 aliphatic heterocycles. The molecular formula is C11H18N2OS2. The first-order valence-electron chi connectivity index (χ1n) is 5.33. The lowest BCUT2D eigenvalue weighted by Crippen LogP contribution is -2.37. The van der Waals surface area contributed by atoms with E-state index in [4.69, 9.17) is 0 Å². The van der Waals surface area contributed by atoms with E-state index in [1.165, 1.54) is 11.8 Å². The fraction of sp³-hybridized carbons (Fsp3) is 0.636. The Morgan fingerprint density at radius 3 is 2.75 bits per heavy atom. The molecule has 1 heterocycles. The fourth-order valence-electron chi connectivity index (χ4n) is 0.988. The summed E-state index contributed by atoms with van der Waals surface area (Å²) in [7, 11) is 0. The van der Waals surface area contributed by atoms with Gasteiger partial charge in [0.15, 0.2) is 4.34 Å². The van der Waals surface area contributed by atoms with Gasteiger partial charge in [-0.25, -0.2) is 4.98 Å². The van der Waals surface area contributed by atoms with Crippen LogP contribution in [0.25, 0.3) is 0 Å². The maximum absolute atomic E-state index is 11.6. The zero-order valence-corrected chi connectivity index (χ0v) is 11.7. The minimum Gasteiger partial charge on any atom is -0.353 e. The average molecular weight is 258 g/mol. The Morgan fingerprint density at radius 1 is 1.56 bits per heavy atom. The van der Waals surface area contributed by atoms with Crippen molar-refractivity contribution in [1.29, 1.82) is 0 Å². The molecule has 0 aliphatic rings. The van der Waals surface area contributed by atoms with Crippen molar-refractivity contribution in [1.82, 2.24) is 10.3 Å². The summed E-state index contributed by atoms with van der Waals surface area (Å²) < 4.78 is 0.963. The molecule has 0 spiro atoms. The lowest BCUT2D eigenvalue weighted by Gasteiger charge is -2.16. The van der Waals surface area contributed by atoms with E-state index in [9.17, 15) is 4.79 Å². The Bertz CT molecular complexity index is 350. The Hall–Kier alpha value is -0.550. The van der Waals surface area contributed by atoms with Crippen molar-refractivity contribution in [3.63, 3.8) is 0 Å². The van der Waals surface area contributed by atoms with E-state index in [1.54, 1.807) is 11.3 Å². The standard InChI is InChI=1S/C11H18N2OS2/c1-7(2)9(4)13-10(14)6-16-11-12-8(3)5-15-11/h5,7,9H,6H2,1-4H3,(H,13,14)/t9-/m0/s1. The Kier molecular flexibility index (Phi) is 5.28. The second kappa shape index (κ2) is 6.25. The van der Waals surface area contributed by atoms with Crippen LogP contribution in [0.3, 0.4) is 0 Å². The van der Waals surface area contributed by atoms with E-state index in [-0.39, 0.29) is 11.9 Å². The highest BCUT2D eigenvalue weighted by Gasteiger charge is 2.11. The fourth-order valence-corrected chi connectivity index (χ4v) is 2.65. The van der Waals surface area contributed by atoms with Gasteiger partial charge in [-0.15, -0.1) is 11.3 Å². The first-order valence-corrected chi connectivity index (χ1v) is 7.20. The van der Waals surface area contributed by atoms with Crippen LogP contribution in [0.4, 0.5) is 0 Å². The normalized spacial score (nSPS) is 12.8. The molecule has 90 valence electrons. The highest BCUT2D eigenvalue weighted by molar-refractivity contribution is 8.01. The molecule has 0 bridgehead atoms. The molecular weight excluding hydrogens is 240 g/mol. The molecule has 0 saturated carbocycles. The monoisotopic (exact) mass is 258 g/mol. The summed E-state index contributed by atoms with van der Waals surface area (Å²) in [4.78, 5) is 15.9. The first kappa shape index (κ1) is 13.5. The molecule has 1 aromatic heterocycles. The van der Waals surface area contributed by atoms with Crippen molar-refractivity contribution in [2.75, 3.05) is 5.75 Å². The third kappa shape index (κ3) is 4.53. The highest BCUT2D eigenvalue weighted by Crippen LogP contribution is 2.21. The second-order valence-electron chi connectivity index (χ2n) is 4.14. The summed E-state index contributed by atoms with van der Waals surface area (Å²) in [5, 5.41) is 4.97. The van der Waals surface area contributed by atoms with Gasteiger partial charge in [-0.2, -0.15) is 0 Å². The van der Waals surface area contributed by atoms with Gasteiger partial charge in [0.2, 0.25) is 5.91 Å². The van der Waals surface area contributed by atoms with Crippen molar-refractivity contribution >= 4 is 29.0 Å². The minimum absolute atomic E-state index is 0.0825. The number of aryl methyl sites for hydroxylation is 1. The topological polar surface area (TPSA) is 42.0 Å². The van der Waals surface area contributed by atoms with Crippen molar-refractivity contribution in [2.24, 2.45) is 5.92 Å². The van der Waals surface area contributed by atoms with E-state index in [0.29, 0.717) is 11.7 Å². The molecule has 1 rings (SSSR count). The van der Waals surface area contributed by atoms with Crippen LogP contribution in [0.2, 0.25) is 0 Å². The molecule has 0 unspecified atom stereocenters. The van der Waals surface area contributed by atoms with E-state index < -0.39 is 0 Å². The molecule has 5 heteroatoms. The molecule has 0 fully saturated rings. The summed E-state index contributed by atoms with van der Waals surface area (Å²) in [6.07, 6.45) is 0. The quantitative estimate of drug-likeness (QED) is 0.826. The van der Waals surface area contributed by atoms with Crippen LogP contribution in [0.1, 0.15) is 26.5 Å². The number of amides is 1. The van der Waals surface area contributed by atoms with Gasteiger partial charge in [0, 0.05) is 17.1 Å². The number of carbonyl (C=O) groups is 1. The van der Waals surface area contributed by atoms with Crippen LogP contribution in [-0.4, -0.2) is 22.7 Å². The van der Waals surface area contributed by atoms with Crippen molar-refractivity contribution in [2.45, 2.75) is 38.1 Å². The molecule has 3 nitrogen and oxygen atoms in total. The van der Waals surface area contributed by atoms with E-state index in [0.717, 1.165) is 10.0 Å². The number of thioether (sulfide) groups is 1. The molecule has 1 aromatic rings. The molecule has 0 aliphatic carbocycles. The molecule has 0 saturated heterocycles. The number of aromatic nitrogens is 1. The van der Waals surface area contributed by atoms with Crippen molar-refractivity contribution < 1.29 is 4.79 Å². The summed E-state index contributed by atoms with van der Waals surface area (Å²) >= 11 is 3.09. The third-order valence-electron chi connectivity index (χ3n) is 2.31. The van der Waals surface area contributed by atoms with Crippen LogP contribution in [0.5, 0.6) is 0 Å². The van der Waals surface area contributed by atoms with E-state index >= 15 is 0 Å². The van der Waals surface area contributed by atoms with Gasteiger partial charge in [0.1, 0.15) is 0 Å². The second-order valence-corrected chi connectivity index (χ2v) is 6.22. The van der Waals surface area contributed by atoms with Crippen LogP contribution in [0, 0.1) is 12.8 Å². The summed E-state index contributed by atoms with van der Waals surface area (Å²) in [5.74, 6) is 0.999. The maximum atomic E-state index is 11.6. The maximum Gasteiger partial charge on any atom is 0.230 e. The smallest absolute Gasteiger partial charge is 0.230 e. The molecule has 0 radical (unpaired) electrons. The molecule has 1 atom stereocenters. The minimum atomic E-state index is 0.0825. The Balaban J connectivity index is 2.30. The SMILES string of the molecule is Cc1csc(SCC(=O)N[C@@H](C)C(C)C)n1. The number of thiazole rings is 1. The van der Waals surface area contributed by atoms with Gasteiger partial charge in [-0.3, -0.25) is 4.79 Å². The molecule has 16 heavy (non-hydrogen) atoms. The highest BCUT2D eigenvalue weighted by atomic mass is 32.2.